The molecule has 6 N–H and O–H groups in total. The fourth-order valence-electron chi connectivity index (χ4n) is 4.95. The number of pyridine rings is 1. The second kappa shape index (κ2) is 11.5. The van der Waals surface area contributed by atoms with Crippen LogP contribution >= 0.6 is 0 Å². The molecule has 2 aromatic carbocycles. The zero-order chi connectivity index (χ0) is 30.0. The molecule has 5 rings (SSSR count). The summed E-state index contributed by atoms with van der Waals surface area (Å²) in [7, 11) is 1.38. The van der Waals surface area contributed by atoms with Gasteiger partial charge in [-0.15, -0.1) is 0 Å². The fourth-order valence-corrected chi connectivity index (χ4v) is 4.95. The van der Waals surface area contributed by atoms with Gasteiger partial charge in [0, 0.05) is 36.7 Å². The molecule has 3 heterocycles. The summed E-state index contributed by atoms with van der Waals surface area (Å²) in [6.45, 7) is 0.114. The van der Waals surface area contributed by atoms with Crippen LogP contribution in [0.5, 0.6) is 5.75 Å². The lowest BCUT2D eigenvalue weighted by molar-refractivity contribution is -0.321. The largest absolute Gasteiger partial charge is 0.496 e. The van der Waals surface area contributed by atoms with E-state index in [0.29, 0.717) is 16.7 Å². The number of aromatic nitrogens is 3. The molecular formula is C29H26FN7O5. The smallest absolute Gasteiger partial charge is 0.297 e. The quantitative estimate of drug-likeness (QED) is 0.204. The van der Waals surface area contributed by atoms with Crippen molar-refractivity contribution in [2.45, 2.75) is 24.5 Å². The summed E-state index contributed by atoms with van der Waals surface area (Å²) in [4.78, 5) is 27.4. The third kappa shape index (κ3) is 5.60. The van der Waals surface area contributed by atoms with E-state index in [1.54, 1.807) is 30.3 Å². The van der Waals surface area contributed by atoms with Crippen molar-refractivity contribution in [1.29, 1.82) is 5.26 Å². The van der Waals surface area contributed by atoms with Crippen LogP contribution in [-0.4, -0.2) is 67.9 Å². The lowest BCUT2D eigenvalue weighted by Gasteiger charge is -2.33. The van der Waals surface area contributed by atoms with E-state index in [2.05, 4.69) is 26.3 Å². The molecule has 13 heteroatoms. The predicted molar refractivity (Wildman–Crippen MR) is 149 cm³/mol. The molecule has 0 aliphatic carbocycles. The number of carbonyl (C=O) groups is 1. The molecule has 214 valence electrons. The normalized spacial score (nSPS) is 16.6. The predicted octanol–water partition coefficient (Wildman–Crippen LogP) is 2.01. The Morgan fingerprint density at radius 3 is 2.76 bits per heavy atom. The first-order valence-electron chi connectivity index (χ1n) is 12.8. The molecule has 1 aliphatic rings. The number of nitrogens with two attached hydrogens (primary N) is 1. The molecular weight excluding hydrogens is 545 g/mol. The number of methoxy groups -OCH3 is 1. The van der Waals surface area contributed by atoms with Crippen LogP contribution in [-0.2, 0) is 0 Å². The van der Waals surface area contributed by atoms with Crippen molar-refractivity contribution in [3.8, 4) is 34.3 Å². The van der Waals surface area contributed by atoms with Crippen molar-refractivity contribution in [3.63, 3.8) is 0 Å². The zero-order valence-electron chi connectivity index (χ0n) is 22.3. The molecule has 1 fully saturated rings. The van der Waals surface area contributed by atoms with Crippen molar-refractivity contribution in [3.05, 3.63) is 84.2 Å². The van der Waals surface area contributed by atoms with Gasteiger partial charge in [-0.05, 0) is 48.4 Å². The topological polar surface area (TPSA) is 191 Å². The number of aliphatic hydroxyl groups is 3. The van der Waals surface area contributed by atoms with Crippen LogP contribution in [0.1, 0.15) is 22.5 Å². The second-order valence-corrected chi connectivity index (χ2v) is 9.65. The Hall–Kier alpha value is -5.00. The molecule has 1 amide bonds. The average Bonchev–Trinajstić information content (AvgIpc) is 3.39. The summed E-state index contributed by atoms with van der Waals surface area (Å²) in [5, 5.41) is 42.7. The van der Waals surface area contributed by atoms with Gasteiger partial charge in [0.25, 0.3) is 11.9 Å². The van der Waals surface area contributed by atoms with Gasteiger partial charge in [-0.2, -0.15) is 5.26 Å². The first-order valence-corrected chi connectivity index (χ1v) is 12.8. The highest BCUT2D eigenvalue weighted by atomic mass is 19.1. The highest BCUT2D eigenvalue weighted by molar-refractivity contribution is 6.05. The molecule has 0 bridgehead atoms. The first-order chi connectivity index (χ1) is 20.1. The molecule has 4 aromatic rings. The van der Waals surface area contributed by atoms with Gasteiger partial charge in [-0.25, -0.2) is 14.4 Å². The second-order valence-electron chi connectivity index (χ2n) is 9.65. The molecule has 0 radical (unpaired) electrons. The Bertz CT molecular complexity index is 1690. The SMILES string of the molecule is COc1cccc(F)c1-c1nccc(C(=O)Nc2ccc(-c3cnccc3C#N)cc2N2CC(N)CC2C(O)(O)O)n1. The monoisotopic (exact) mass is 571 g/mol. The van der Waals surface area contributed by atoms with E-state index in [0.717, 1.165) is 0 Å². The summed E-state index contributed by atoms with van der Waals surface area (Å²) in [5.41, 5.74) is 7.93. The summed E-state index contributed by atoms with van der Waals surface area (Å²) in [6.07, 6.45) is 4.35. The number of hydrogen-bond acceptors (Lipinski definition) is 11. The molecule has 0 spiro atoms. The minimum absolute atomic E-state index is 0.0106. The highest BCUT2D eigenvalue weighted by Gasteiger charge is 2.44. The van der Waals surface area contributed by atoms with Crippen molar-refractivity contribution in [2.24, 2.45) is 5.73 Å². The van der Waals surface area contributed by atoms with Crippen molar-refractivity contribution >= 4 is 17.3 Å². The lowest BCUT2D eigenvalue weighted by atomic mass is 10.0. The van der Waals surface area contributed by atoms with Crippen LogP contribution in [0.15, 0.2) is 67.1 Å². The van der Waals surface area contributed by atoms with Crippen LogP contribution in [0.3, 0.4) is 0 Å². The molecule has 1 saturated heterocycles. The van der Waals surface area contributed by atoms with E-state index in [1.807, 2.05) is 0 Å². The maximum atomic E-state index is 14.7. The first kappa shape index (κ1) is 28.5. The van der Waals surface area contributed by atoms with E-state index < -0.39 is 29.8 Å². The highest BCUT2D eigenvalue weighted by Crippen LogP contribution is 2.38. The van der Waals surface area contributed by atoms with E-state index in [-0.39, 0.29) is 47.2 Å². The zero-order valence-corrected chi connectivity index (χ0v) is 22.3. The number of nitriles is 1. The summed E-state index contributed by atoms with van der Waals surface area (Å²) in [6, 6.07) is 12.3. The number of hydrogen-bond donors (Lipinski definition) is 5. The van der Waals surface area contributed by atoms with E-state index >= 15 is 0 Å². The number of halogens is 1. The van der Waals surface area contributed by atoms with Crippen LogP contribution in [0.25, 0.3) is 22.5 Å². The number of nitrogens with one attached hydrogen (secondary N) is 1. The van der Waals surface area contributed by atoms with Crippen LogP contribution < -0.4 is 20.7 Å². The number of carbonyl (C=O) groups excluding carboxylic acids is 1. The van der Waals surface area contributed by atoms with Gasteiger partial charge in [0.15, 0.2) is 5.82 Å². The third-order valence-corrected chi connectivity index (χ3v) is 6.90. The van der Waals surface area contributed by atoms with Gasteiger partial charge in [0.2, 0.25) is 0 Å². The summed E-state index contributed by atoms with van der Waals surface area (Å²) in [5.74, 6) is -4.28. The molecule has 2 atom stereocenters. The van der Waals surface area contributed by atoms with Crippen LogP contribution in [0, 0.1) is 17.1 Å². The Morgan fingerprint density at radius 1 is 1.21 bits per heavy atom. The van der Waals surface area contributed by atoms with Gasteiger partial charge >= 0.3 is 0 Å². The number of benzene rings is 2. The van der Waals surface area contributed by atoms with Gasteiger partial charge in [0.05, 0.1) is 35.7 Å². The number of ether oxygens (including phenoxy) is 1. The molecule has 2 unspecified atom stereocenters. The molecule has 1 aliphatic heterocycles. The molecule has 0 saturated carbocycles. The van der Waals surface area contributed by atoms with Crippen LogP contribution in [0.4, 0.5) is 15.8 Å². The minimum Gasteiger partial charge on any atom is -0.496 e. The Morgan fingerprint density at radius 2 is 2.02 bits per heavy atom. The standard InChI is InChI=1S/C29H26FN7O5/c1-42-24-4-2-3-20(30)26(24)27-34-10-8-22(35-27)28(38)36-21-6-5-16(19-14-33-9-7-17(19)13-31)11-23(21)37-15-18(32)12-25(37)29(39,40)41/h2-11,14,18,25,39-41H,12,15,32H2,1H3,(H,36,38). The Kier molecular flexibility index (Phi) is 7.79. The van der Waals surface area contributed by atoms with E-state index in [9.17, 15) is 29.8 Å². The fraction of sp³-hybridized carbons (Fsp3) is 0.207. The number of nitrogens with zero attached hydrogens (tertiary/aromatic N) is 5. The van der Waals surface area contributed by atoms with Crippen molar-refractivity contribution in [2.75, 3.05) is 23.9 Å². The molecule has 2 aromatic heterocycles. The number of anilines is 2. The van der Waals surface area contributed by atoms with Gasteiger partial charge in [0.1, 0.15) is 23.3 Å². The summed E-state index contributed by atoms with van der Waals surface area (Å²) < 4.78 is 19.9. The lowest BCUT2D eigenvalue weighted by Crippen LogP contribution is -2.50. The number of amides is 1. The van der Waals surface area contributed by atoms with Crippen molar-refractivity contribution < 1.29 is 29.2 Å². The van der Waals surface area contributed by atoms with Crippen molar-refractivity contribution in [1.82, 2.24) is 15.0 Å². The maximum Gasteiger partial charge on any atom is 0.297 e. The summed E-state index contributed by atoms with van der Waals surface area (Å²) >= 11 is 0. The van der Waals surface area contributed by atoms with E-state index in [1.165, 1.54) is 48.8 Å². The molecule has 42 heavy (non-hydrogen) atoms. The van der Waals surface area contributed by atoms with Gasteiger partial charge < -0.3 is 36.0 Å². The van der Waals surface area contributed by atoms with Crippen LogP contribution in [0.2, 0.25) is 0 Å². The number of rotatable bonds is 7. The van der Waals surface area contributed by atoms with E-state index in [4.69, 9.17) is 10.5 Å². The minimum atomic E-state index is -3.10. The molecule has 12 nitrogen and oxygen atoms in total. The van der Waals surface area contributed by atoms with Gasteiger partial charge in [-0.1, -0.05) is 12.1 Å². The Balaban J connectivity index is 1.56. The van der Waals surface area contributed by atoms with Gasteiger partial charge in [-0.3, -0.25) is 9.78 Å². The third-order valence-electron chi connectivity index (χ3n) is 6.90. The Labute approximate surface area is 239 Å². The maximum absolute atomic E-state index is 14.7. The average molecular weight is 572 g/mol.